The number of likely N-dealkylation sites (N-methyl/N-ethyl adjacent to an activating group) is 1. The van der Waals surface area contributed by atoms with Crippen LogP contribution in [0.1, 0.15) is 132 Å². The predicted octanol–water partition coefficient (Wildman–Crippen LogP) is 7.01. The Kier molecular flexibility index (Phi) is 9.36. The molecule has 286 valence electrons. The van der Waals surface area contributed by atoms with E-state index in [4.69, 9.17) is 11.2 Å². The molecule has 52 heavy (non-hydrogen) atoms. The van der Waals surface area contributed by atoms with Crippen LogP contribution in [0, 0.1) is 63.1 Å². The third-order valence-electron chi connectivity index (χ3n) is 16.0. The van der Waals surface area contributed by atoms with Gasteiger partial charge in [0.25, 0.3) is 5.56 Å². The number of fused-ring (bicyclic) bond motifs is 7. The van der Waals surface area contributed by atoms with Crippen molar-refractivity contribution in [2.75, 3.05) is 7.05 Å². The SMILES string of the molecule is C#C[C@@]12CC[C@@]3(c4cc(=O)n(CC(=O)NC)n4C)CCC(C(C)C)=C3[C@H]1CC[C@@H]1[C@@]3(C)CC[C@H](OC(=O)CC(C)(C)C(=O)O)C(C)(C)C3CC[C@]12C. The zero-order valence-electron chi connectivity index (χ0n) is 33.4. The van der Waals surface area contributed by atoms with E-state index in [1.165, 1.54) is 11.1 Å². The summed E-state index contributed by atoms with van der Waals surface area (Å²) in [6.07, 6.45) is 16.0. The summed E-state index contributed by atoms with van der Waals surface area (Å²) in [5, 5.41) is 12.3. The fraction of sp³-hybridized carbons (Fsp3) is 0.767. The van der Waals surface area contributed by atoms with E-state index in [1.807, 2.05) is 11.7 Å². The lowest BCUT2D eigenvalue weighted by Gasteiger charge is -2.71. The van der Waals surface area contributed by atoms with E-state index < -0.39 is 17.4 Å². The second-order valence-electron chi connectivity index (χ2n) is 19.3. The summed E-state index contributed by atoms with van der Waals surface area (Å²) < 4.78 is 9.69. The predicted molar refractivity (Wildman–Crippen MR) is 201 cm³/mol. The van der Waals surface area contributed by atoms with Crippen LogP contribution in [0.5, 0.6) is 0 Å². The number of rotatable bonds is 8. The molecule has 5 aliphatic carbocycles. The van der Waals surface area contributed by atoms with Gasteiger partial charge >= 0.3 is 11.9 Å². The summed E-state index contributed by atoms with van der Waals surface area (Å²) in [5.74, 6) is 3.28. The molecule has 4 fully saturated rings. The molecule has 9 heteroatoms. The molecule has 8 atom stereocenters. The molecule has 5 aliphatic rings. The second-order valence-corrected chi connectivity index (χ2v) is 19.3. The smallest absolute Gasteiger partial charge is 0.309 e. The molecule has 0 bridgehead atoms. The Labute approximate surface area is 310 Å². The van der Waals surface area contributed by atoms with Crippen molar-refractivity contribution in [2.24, 2.45) is 57.8 Å². The quantitative estimate of drug-likeness (QED) is 0.170. The van der Waals surface area contributed by atoms with Gasteiger partial charge in [0.2, 0.25) is 5.91 Å². The molecule has 0 spiro atoms. The first-order chi connectivity index (χ1) is 24.2. The summed E-state index contributed by atoms with van der Waals surface area (Å²) in [5.41, 5.74) is 1.73. The van der Waals surface area contributed by atoms with Gasteiger partial charge in [-0.2, -0.15) is 0 Å². The topological polar surface area (TPSA) is 120 Å². The summed E-state index contributed by atoms with van der Waals surface area (Å²) in [4.78, 5) is 50.7. The minimum atomic E-state index is -1.18. The minimum absolute atomic E-state index is 0.00799. The van der Waals surface area contributed by atoms with E-state index in [-0.39, 0.29) is 63.5 Å². The van der Waals surface area contributed by atoms with Gasteiger partial charge in [0.1, 0.15) is 12.6 Å². The van der Waals surface area contributed by atoms with Crippen molar-refractivity contribution < 1.29 is 24.2 Å². The first kappa shape index (κ1) is 38.4. The van der Waals surface area contributed by atoms with Crippen molar-refractivity contribution in [1.29, 1.82) is 0 Å². The van der Waals surface area contributed by atoms with E-state index in [9.17, 15) is 24.3 Å². The van der Waals surface area contributed by atoms with Crippen LogP contribution in [-0.4, -0.2) is 45.5 Å². The lowest BCUT2D eigenvalue weighted by Crippen LogP contribution is -2.66. The van der Waals surface area contributed by atoms with Crippen molar-refractivity contribution in [3.8, 4) is 12.3 Å². The van der Waals surface area contributed by atoms with Gasteiger partial charge in [0, 0.05) is 36.4 Å². The number of hydrogen-bond donors (Lipinski definition) is 2. The molecule has 2 N–H and O–H groups in total. The highest BCUT2D eigenvalue weighted by atomic mass is 16.5. The lowest BCUT2D eigenvalue weighted by molar-refractivity contribution is -0.224. The minimum Gasteiger partial charge on any atom is -0.481 e. The molecule has 0 saturated heterocycles. The number of carbonyl (C=O) groups is 3. The highest BCUT2D eigenvalue weighted by molar-refractivity contribution is 5.81. The summed E-state index contributed by atoms with van der Waals surface area (Å²) in [7, 11) is 3.53. The van der Waals surface area contributed by atoms with Crippen molar-refractivity contribution in [3.63, 3.8) is 0 Å². The second kappa shape index (κ2) is 12.7. The fourth-order valence-electron chi connectivity index (χ4n) is 13.3. The molecule has 1 heterocycles. The Bertz CT molecular complexity index is 1790. The highest BCUT2D eigenvalue weighted by Crippen LogP contribution is 2.77. The number of nitrogens with one attached hydrogen (secondary N) is 1. The van der Waals surface area contributed by atoms with Crippen LogP contribution in [0.4, 0.5) is 0 Å². The third-order valence-corrected chi connectivity index (χ3v) is 16.0. The van der Waals surface area contributed by atoms with E-state index in [0.29, 0.717) is 17.8 Å². The van der Waals surface area contributed by atoms with Crippen LogP contribution in [-0.2, 0) is 38.1 Å². The molecule has 0 radical (unpaired) electrons. The molecular weight excluding hydrogens is 654 g/mol. The number of hydrogen-bond acceptors (Lipinski definition) is 5. The number of aliphatic carboxylic acids is 1. The lowest BCUT2D eigenvalue weighted by atomic mass is 9.32. The summed E-state index contributed by atoms with van der Waals surface area (Å²) >= 11 is 0. The van der Waals surface area contributed by atoms with Gasteiger partial charge in [-0.25, -0.2) is 4.68 Å². The number of aromatic nitrogens is 2. The van der Waals surface area contributed by atoms with Gasteiger partial charge < -0.3 is 15.2 Å². The zero-order valence-corrected chi connectivity index (χ0v) is 33.4. The van der Waals surface area contributed by atoms with Gasteiger partial charge in [0.15, 0.2) is 0 Å². The number of terminal acetylenes is 1. The van der Waals surface area contributed by atoms with Gasteiger partial charge in [-0.05, 0) is 113 Å². The van der Waals surface area contributed by atoms with Crippen molar-refractivity contribution in [1.82, 2.24) is 14.7 Å². The van der Waals surface area contributed by atoms with Crippen LogP contribution in [0.25, 0.3) is 0 Å². The van der Waals surface area contributed by atoms with Crippen molar-refractivity contribution in [3.05, 3.63) is 33.3 Å². The molecular formula is C43H63N3O6. The average molecular weight is 718 g/mol. The number of ether oxygens (including phenoxy) is 1. The first-order valence-electron chi connectivity index (χ1n) is 19.8. The first-order valence-corrected chi connectivity index (χ1v) is 19.8. The molecule has 9 nitrogen and oxygen atoms in total. The van der Waals surface area contributed by atoms with Crippen LogP contribution >= 0.6 is 0 Å². The van der Waals surface area contributed by atoms with Crippen molar-refractivity contribution in [2.45, 2.75) is 144 Å². The molecule has 0 aliphatic heterocycles. The number of carboxylic acids is 1. The molecule has 4 saturated carbocycles. The average Bonchev–Trinajstić information content (AvgIpc) is 3.59. The van der Waals surface area contributed by atoms with E-state index in [2.05, 4.69) is 52.8 Å². The molecule has 1 aromatic rings. The number of carboxylic acid groups (broad SMARTS) is 1. The Morgan fingerprint density at radius 1 is 1.04 bits per heavy atom. The number of amides is 1. The number of carbonyl (C=O) groups excluding carboxylic acids is 2. The van der Waals surface area contributed by atoms with Gasteiger partial charge in [-0.3, -0.25) is 23.9 Å². The molecule has 1 unspecified atom stereocenters. The normalized spacial score (nSPS) is 36.6. The zero-order chi connectivity index (χ0) is 38.4. The standard InChI is InChI=1S/C43H63N3O6/c1-12-43-22-21-42(31-23-34(48)46(45(31)11)25-33(47)44-10)20-15-27(26(2)3)36(42)28(43)13-14-30-40(8)18-17-32(52-35(49)24-38(4,5)37(50)51)39(6,7)29(40)16-19-41(30,43)9/h1,23,26,28-30,32H,13-22,24-25H2,2-11H3,(H,44,47)(H,50,51)/t28-,29?,30-,32+,40+,41-,42-,43-/m1/s1. The van der Waals surface area contributed by atoms with Crippen LogP contribution in [0.15, 0.2) is 22.0 Å². The van der Waals surface area contributed by atoms with E-state index >= 15 is 0 Å². The summed E-state index contributed by atoms with van der Waals surface area (Å²) in [6, 6.07) is 1.80. The Morgan fingerprint density at radius 3 is 2.35 bits per heavy atom. The molecule has 1 amide bonds. The number of nitrogens with zero attached hydrogens (tertiary/aromatic N) is 2. The highest BCUT2D eigenvalue weighted by Gasteiger charge is 2.71. The Morgan fingerprint density at radius 2 is 1.73 bits per heavy atom. The fourth-order valence-corrected chi connectivity index (χ4v) is 13.3. The summed E-state index contributed by atoms with van der Waals surface area (Å²) in [6.45, 7) is 17.3. The monoisotopic (exact) mass is 717 g/mol. The maximum atomic E-state index is 13.5. The number of allylic oxidation sites excluding steroid dienone is 2. The maximum Gasteiger partial charge on any atom is 0.309 e. The largest absolute Gasteiger partial charge is 0.481 e. The van der Waals surface area contributed by atoms with E-state index in [1.54, 1.807) is 31.6 Å². The Balaban J connectivity index is 1.36. The maximum absolute atomic E-state index is 13.5. The van der Waals surface area contributed by atoms with Crippen molar-refractivity contribution >= 4 is 17.8 Å². The third kappa shape index (κ3) is 5.30. The number of esters is 1. The molecule has 1 aromatic heterocycles. The van der Waals surface area contributed by atoms with Gasteiger partial charge in [-0.1, -0.05) is 58.6 Å². The molecule has 0 aromatic carbocycles. The van der Waals surface area contributed by atoms with Crippen LogP contribution in [0.3, 0.4) is 0 Å². The van der Waals surface area contributed by atoms with E-state index in [0.717, 1.165) is 69.9 Å². The van der Waals surface area contributed by atoms with Gasteiger partial charge in [-0.15, -0.1) is 6.42 Å². The van der Waals surface area contributed by atoms with Crippen LogP contribution < -0.4 is 10.9 Å². The molecule has 6 rings (SSSR count). The van der Waals surface area contributed by atoms with Gasteiger partial charge in [0.05, 0.1) is 17.5 Å². The van der Waals surface area contributed by atoms with Crippen LogP contribution in [0.2, 0.25) is 0 Å². The Hall–Kier alpha value is -3.28.